The van der Waals surface area contributed by atoms with E-state index in [4.69, 9.17) is 0 Å². The van der Waals surface area contributed by atoms with E-state index in [9.17, 15) is 0 Å². The maximum atomic E-state index is 17.1. The van der Waals surface area contributed by atoms with Gasteiger partial charge in [-0.05, 0) is 319 Å². The van der Waals surface area contributed by atoms with Gasteiger partial charge in [-0.3, -0.25) is 4.79 Å². The van der Waals surface area contributed by atoms with Crippen molar-refractivity contribution in [2.75, 3.05) is 0 Å². The molecule has 0 saturated heterocycles. The molecule has 5 aliphatic rings. The van der Waals surface area contributed by atoms with E-state index in [1.807, 2.05) is 0 Å². The van der Waals surface area contributed by atoms with Gasteiger partial charge in [0.05, 0.1) is 5.41 Å². The lowest BCUT2D eigenvalue weighted by Gasteiger charge is -2.61. The van der Waals surface area contributed by atoms with Crippen LogP contribution in [0.15, 0.2) is 54.6 Å². The third kappa shape index (κ3) is 1.57. The molecule has 0 aromatic heterocycles. The van der Waals surface area contributed by atoms with Crippen LogP contribution in [0, 0.1) is 0 Å². The third-order valence-corrected chi connectivity index (χ3v) is 26.7. The van der Waals surface area contributed by atoms with Crippen LogP contribution in [0.25, 0.3) is 291 Å². The van der Waals surface area contributed by atoms with Gasteiger partial charge >= 0.3 is 0 Å². The molecule has 0 fully saturated rings. The van der Waals surface area contributed by atoms with Gasteiger partial charge in [-0.15, -0.1) is 0 Å². The summed E-state index contributed by atoms with van der Waals surface area (Å²) in [5.74, 6) is 0.197. The highest BCUT2D eigenvalue weighted by molar-refractivity contribution is 6.82. The maximum absolute atomic E-state index is 17.1. The molecule has 0 unspecified atom stereocenters. The van der Waals surface area contributed by atoms with Gasteiger partial charge in [-0.25, -0.2) is 0 Å². The van der Waals surface area contributed by atoms with Crippen molar-refractivity contribution in [2.45, 2.75) is 17.5 Å². The largest absolute Gasteiger partial charge is 0.319 e. The van der Waals surface area contributed by atoms with E-state index in [-0.39, 0.29) is 5.91 Å². The van der Waals surface area contributed by atoms with Crippen LogP contribution in [-0.4, -0.2) is 10.8 Å². The second-order valence-electron chi connectivity index (χ2n) is 27.1. The van der Waals surface area contributed by atoms with Gasteiger partial charge in [0.1, 0.15) is 5.54 Å². The Morgan fingerprint density at radius 2 is 0.474 bits per heavy atom. The average Bonchev–Trinajstić information content (AvgIpc) is 3.38. The highest BCUT2D eigenvalue weighted by Gasteiger charge is 2.75. The predicted molar refractivity (Wildman–Crippen MR) is 316 cm³/mol. The van der Waals surface area contributed by atoms with Crippen LogP contribution >= 0.6 is 0 Å². The van der Waals surface area contributed by atoms with Gasteiger partial charge in [0.15, 0.2) is 0 Å². The van der Waals surface area contributed by atoms with Crippen LogP contribution in [0.3, 0.4) is 0 Å². The molecule has 0 atom stereocenters. The molecule has 2 heteroatoms. The Labute approximate surface area is 415 Å². The first-order valence-corrected chi connectivity index (χ1v) is 28.1. The second-order valence-corrected chi connectivity index (χ2v) is 27.1. The van der Waals surface area contributed by atoms with Crippen LogP contribution in [-0.2, 0) is 17.5 Å². The number of hydrogen-bond acceptors (Lipinski definition) is 1. The van der Waals surface area contributed by atoms with Gasteiger partial charge < -0.3 is 4.90 Å². The minimum Gasteiger partial charge on any atom is -0.319 e. The molecule has 4 aliphatic carbocycles. The zero-order valence-corrected chi connectivity index (χ0v) is 38.8. The van der Waals surface area contributed by atoms with Crippen LogP contribution in [0.4, 0.5) is 0 Å². The maximum Gasteiger partial charge on any atom is 0.255 e. The number of fused-ring (bicyclic) bond motifs is 1. The van der Waals surface area contributed by atoms with Gasteiger partial charge in [0.25, 0.3) is 5.91 Å². The summed E-state index contributed by atoms with van der Waals surface area (Å²) in [7, 11) is 0. The first-order valence-electron chi connectivity index (χ1n) is 28.1. The smallest absolute Gasteiger partial charge is 0.255 e. The van der Waals surface area contributed by atoms with Crippen molar-refractivity contribution in [1.82, 2.24) is 4.90 Å². The second kappa shape index (κ2) is 6.68. The van der Waals surface area contributed by atoms with E-state index in [0.717, 1.165) is 5.56 Å². The summed E-state index contributed by atoms with van der Waals surface area (Å²) >= 11 is 0. The van der Waals surface area contributed by atoms with Crippen molar-refractivity contribution in [2.24, 2.45) is 0 Å². The number of hydrogen-bond donors (Lipinski definition) is 0. The Hall–Kier alpha value is -9.63. The molecule has 2 nitrogen and oxygen atoms in total. The molecule has 2 spiro atoms. The molecule has 0 bridgehead atoms. The molecule has 76 heavy (non-hydrogen) atoms. The van der Waals surface area contributed by atoms with Crippen molar-refractivity contribution in [3.63, 3.8) is 0 Å². The van der Waals surface area contributed by atoms with Crippen molar-refractivity contribution in [3.05, 3.63) is 93.5 Å². The van der Waals surface area contributed by atoms with Crippen LogP contribution in [0.1, 0.15) is 43.7 Å². The first-order chi connectivity index (χ1) is 37.8. The molecule has 0 radical (unpaired) electrons. The summed E-state index contributed by atoms with van der Waals surface area (Å²) in [6, 6.07) is 20.4. The first kappa shape index (κ1) is 28.7. The van der Waals surface area contributed by atoms with E-state index in [1.165, 1.54) is 43.8 Å². The summed E-state index contributed by atoms with van der Waals surface area (Å²) in [4.78, 5) is 19.7. The Bertz CT molecular complexity index is 7670. The Kier molecular flexibility index (Phi) is 2.52. The minimum atomic E-state index is -0.848. The molecule has 1 amide bonds. The lowest BCUT2D eigenvalue weighted by Crippen LogP contribution is -2.66. The Morgan fingerprint density at radius 1 is 0.250 bits per heavy atom. The lowest BCUT2D eigenvalue weighted by atomic mass is 9.47. The number of nitrogens with zero attached hydrogens (tertiary/aromatic N) is 1. The van der Waals surface area contributed by atoms with E-state index in [0.29, 0.717) is 6.54 Å². The van der Waals surface area contributed by atoms with E-state index >= 15 is 4.79 Å². The topological polar surface area (TPSA) is 20.3 Å². The van der Waals surface area contributed by atoms with E-state index in [1.54, 1.807) is 280 Å². The highest BCUT2D eigenvalue weighted by Crippen LogP contribution is 2.86. The number of rotatable bonds is 2. The molecule has 0 N–H and O–H groups in total. The summed E-state index contributed by atoms with van der Waals surface area (Å²) in [6.07, 6.45) is 0. The number of amides is 1. The van der Waals surface area contributed by atoms with Crippen molar-refractivity contribution in [1.29, 1.82) is 0 Å². The van der Waals surface area contributed by atoms with Crippen molar-refractivity contribution < 1.29 is 4.79 Å². The summed E-state index contributed by atoms with van der Waals surface area (Å²) < 4.78 is 0. The highest BCUT2D eigenvalue weighted by atomic mass is 16.2. The fraction of sp³-hybridized carbons (Fsp3) is 0.0405. The Balaban J connectivity index is 1.13. The third-order valence-electron chi connectivity index (χ3n) is 26.7. The number of carbonyl (C=O) groups is 1. The molecule has 30 aromatic carbocycles. The molecular weight excluding hydrogens is 919 g/mol. The summed E-state index contributed by atoms with van der Waals surface area (Å²) in [5.41, 5.74) is 7.98. The zero-order valence-electron chi connectivity index (χ0n) is 38.8. The lowest BCUT2D eigenvalue weighted by molar-refractivity contribution is 0.0347. The zero-order chi connectivity index (χ0) is 45.4. The summed E-state index contributed by atoms with van der Waals surface area (Å²) in [5, 5.41) is 85.5. The standard InChI is InChI=1S/C74H11NO/c76-72-12-8-4-5-9-13(12)73-68-60-52-42-32-24-16-14-15-18-22-20(16)28-36-30(22)40-34-26(18)27-19(15)23-21-17(14)25(24)33-39-29(21)37-31(23)41-35(27)45-44(34)56-50(40)58-48(36)54(46(52)38(28)32)62(68)64(58)70-66(56)67-57(45)51(41)59-49(37)55-47(39)53(43(33)42)61(60)69(73)63(55)65(59)71(67)74(70,73)75(72)10-11-6-2-1-3-7-11/h1-9H,10H2. The van der Waals surface area contributed by atoms with Crippen LogP contribution in [0.5, 0.6) is 0 Å². The number of benzene rings is 20. The van der Waals surface area contributed by atoms with E-state index in [2.05, 4.69) is 59.5 Å². The van der Waals surface area contributed by atoms with Crippen LogP contribution < -0.4 is 0 Å². The predicted octanol–water partition coefficient (Wildman–Crippen LogP) is 19.0. The fourth-order valence-corrected chi connectivity index (χ4v) is 26.4. The summed E-state index contributed by atoms with van der Waals surface area (Å²) in [6.45, 7) is 0.549. The van der Waals surface area contributed by atoms with Gasteiger partial charge in [-0.2, -0.15) is 0 Å². The van der Waals surface area contributed by atoms with Crippen LogP contribution in [0.2, 0.25) is 0 Å². The Morgan fingerprint density at radius 3 is 0.750 bits per heavy atom. The molecule has 318 valence electrons. The fourth-order valence-electron chi connectivity index (χ4n) is 26.4. The molecular formula is C74H11NO. The van der Waals surface area contributed by atoms with E-state index < -0.39 is 11.0 Å². The molecule has 30 aromatic rings. The molecule has 1 heterocycles. The normalized spacial score (nSPS) is 21.6. The average molecular weight is 930 g/mol. The SMILES string of the molecule is O=C1c2ccccc2C23c4c5c6c7c8c9c(c%10c%11c2c2c4c4c%12c5c5c6c6c8c8c%13c9c9c%10c%10c%11c%11c2c2c4c4c%12c%12c5c5c6c8c6c8c%13c9c9c%10c%10c%11c2c2c4c4c%12c5c6c5c8c9c%10c2c45)C73N1Cc1ccccc1. The minimum absolute atomic E-state index is 0.197. The van der Waals surface area contributed by atoms with Gasteiger partial charge in [-0.1, -0.05) is 48.5 Å². The monoisotopic (exact) mass is 929 g/mol. The van der Waals surface area contributed by atoms with Gasteiger partial charge in [0.2, 0.25) is 0 Å². The molecule has 0 saturated carbocycles. The quantitative estimate of drug-likeness (QED) is 0.158. The van der Waals surface area contributed by atoms with Crippen molar-refractivity contribution in [3.8, 4) is 0 Å². The molecule has 35 rings (SSSR count). The number of carbonyl (C=O) groups excluding carboxylic acids is 1. The van der Waals surface area contributed by atoms with Crippen molar-refractivity contribution >= 4 is 297 Å². The van der Waals surface area contributed by atoms with Gasteiger partial charge in [0, 0.05) is 23.2 Å². The molecule has 1 aliphatic heterocycles.